The van der Waals surface area contributed by atoms with Crippen LogP contribution in [0.15, 0.2) is 72.8 Å². The molecule has 0 bridgehead atoms. The summed E-state index contributed by atoms with van der Waals surface area (Å²) in [7, 11) is 0. The van der Waals surface area contributed by atoms with Crippen molar-refractivity contribution in [3.63, 3.8) is 0 Å². The van der Waals surface area contributed by atoms with Gasteiger partial charge in [-0.3, -0.25) is 14.4 Å². The van der Waals surface area contributed by atoms with Gasteiger partial charge >= 0.3 is 5.97 Å². The van der Waals surface area contributed by atoms with Gasteiger partial charge in [0.05, 0.1) is 22.2 Å². The smallest absolute Gasteiger partial charge is 0.306 e. The first-order valence-electron chi connectivity index (χ1n) is 9.93. The lowest BCUT2D eigenvalue weighted by Crippen LogP contribution is -2.22. The van der Waals surface area contributed by atoms with Crippen molar-refractivity contribution in [2.45, 2.75) is 12.8 Å². The molecule has 2 amide bonds. The number of anilines is 2. The molecule has 0 saturated carbocycles. The highest BCUT2D eigenvalue weighted by molar-refractivity contribution is 6.44. The molecule has 0 aliphatic rings. The standard InChI is InChI=1S/C24H20Cl2N2O5/c25-19-7-4-8-20(24(19)26)28-22(30)15-32-23(31)14-13-21(29)27-16-9-11-18(12-10-16)33-17-5-2-1-3-6-17/h1-12H,13-15H2,(H,27,29)(H,28,30). The van der Waals surface area contributed by atoms with E-state index in [1.807, 2.05) is 30.3 Å². The molecule has 9 heteroatoms. The van der Waals surface area contributed by atoms with E-state index in [1.54, 1.807) is 42.5 Å². The van der Waals surface area contributed by atoms with Gasteiger partial charge < -0.3 is 20.1 Å². The Kier molecular flexibility index (Phi) is 8.69. The minimum absolute atomic E-state index is 0.0944. The fraction of sp³-hybridized carbons (Fsp3) is 0.125. The van der Waals surface area contributed by atoms with Gasteiger partial charge in [0.2, 0.25) is 5.91 Å². The summed E-state index contributed by atoms with van der Waals surface area (Å²) in [6.07, 6.45) is -0.269. The number of carbonyl (C=O) groups is 3. The van der Waals surface area contributed by atoms with Crippen LogP contribution in [0.2, 0.25) is 10.0 Å². The van der Waals surface area contributed by atoms with E-state index in [0.717, 1.165) is 0 Å². The van der Waals surface area contributed by atoms with E-state index >= 15 is 0 Å². The van der Waals surface area contributed by atoms with Crippen LogP contribution in [0.3, 0.4) is 0 Å². The average molecular weight is 487 g/mol. The second kappa shape index (κ2) is 11.9. The molecule has 0 radical (unpaired) electrons. The number of hydrogen-bond acceptors (Lipinski definition) is 5. The van der Waals surface area contributed by atoms with Crippen LogP contribution >= 0.6 is 23.2 Å². The first kappa shape index (κ1) is 24.1. The molecule has 0 spiro atoms. The zero-order valence-corrected chi connectivity index (χ0v) is 18.9. The number of benzene rings is 3. The summed E-state index contributed by atoms with van der Waals surface area (Å²) in [6.45, 7) is -0.508. The summed E-state index contributed by atoms with van der Waals surface area (Å²) in [5.74, 6) is -0.282. The molecule has 0 saturated heterocycles. The van der Waals surface area contributed by atoms with Crippen LogP contribution in [0.25, 0.3) is 0 Å². The minimum Gasteiger partial charge on any atom is -0.457 e. The zero-order valence-electron chi connectivity index (χ0n) is 17.3. The van der Waals surface area contributed by atoms with Crippen LogP contribution in [0, 0.1) is 0 Å². The highest BCUT2D eigenvalue weighted by atomic mass is 35.5. The second-order valence-corrected chi connectivity index (χ2v) is 7.58. The van der Waals surface area contributed by atoms with Gasteiger partial charge in [-0.05, 0) is 48.5 Å². The van der Waals surface area contributed by atoms with Crippen LogP contribution < -0.4 is 15.4 Å². The van der Waals surface area contributed by atoms with E-state index < -0.39 is 18.5 Å². The summed E-state index contributed by atoms with van der Waals surface area (Å²) >= 11 is 11.9. The third kappa shape index (κ3) is 7.82. The van der Waals surface area contributed by atoms with Crippen LogP contribution in [-0.4, -0.2) is 24.4 Å². The second-order valence-electron chi connectivity index (χ2n) is 6.80. The quantitative estimate of drug-likeness (QED) is 0.379. The number of ether oxygens (including phenoxy) is 2. The van der Waals surface area contributed by atoms with Crippen molar-refractivity contribution in [2.24, 2.45) is 0 Å². The maximum atomic E-state index is 12.1. The molecule has 0 fully saturated rings. The zero-order chi connectivity index (χ0) is 23.6. The number of carbonyl (C=O) groups excluding carboxylic acids is 3. The maximum Gasteiger partial charge on any atom is 0.306 e. The summed E-state index contributed by atoms with van der Waals surface area (Å²) < 4.78 is 10.6. The highest BCUT2D eigenvalue weighted by Gasteiger charge is 2.13. The van der Waals surface area contributed by atoms with Crippen molar-refractivity contribution in [1.29, 1.82) is 0 Å². The van der Waals surface area contributed by atoms with Gasteiger partial charge in [-0.15, -0.1) is 0 Å². The Bertz CT molecular complexity index is 1120. The number of hydrogen-bond donors (Lipinski definition) is 2. The summed E-state index contributed by atoms with van der Waals surface area (Å²) in [5, 5.41) is 5.67. The van der Waals surface area contributed by atoms with Crippen LogP contribution in [-0.2, 0) is 19.1 Å². The molecule has 0 aliphatic carbocycles. The lowest BCUT2D eigenvalue weighted by Gasteiger charge is -2.09. The number of rotatable bonds is 9. The number of amides is 2. The van der Waals surface area contributed by atoms with Crippen molar-refractivity contribution in [2.75, 3.05) is 17.2 Å². The SMILES string of the molecule is O=C(CCC(=O)OCC(=O)Nc1cccc(Cl)c1Cl)Nc1ccc(Oc2ccccc2)cc1. The topological polar surface area (TPSA) is 93.7 Å². The molecular weight excluding hydrogens is 467 g/mol. The normalized spacial score (nSPS) is 10.2. The fourth-order valence-electron chi connectivity index (χ4n) is 2.67. The summed E-state index contributed by atoms with van der Waals surface area (Å²) in [5.41, 5.74) is 0.872. The Hall–Kier alpha value is -3.55. The number of esters is 1. The van der Waals surface area contributed by atoms with Crippen molar-refractivity contribution in [1.82, 2.24) is 0 Å². The predicted octanol–water partition coefficient (Wildman–Crippen LogP) is 5.69. The molecule has 0 aliphatic heterocycles. The van der Waals surface area contributed by atoms with Crippen molar-refractivity contribution < 1.29 is 23.9 Å². The largest absolute Gasteiger partial charge is 0.457 e. The number of para-hydroxylation sites is 1. The van der Waals surface area contributed by atoms with E-state index in [-0.39, 0.29) is 28.8 Å². The Morgan fingerprint density at radius 2 is 1.42 bits per heavy atom. The molecule has 0 atom stereocenters. The Morgan fingerprint density at radius 1 is 0.727 bits per heavy atom. The summed E-state index contributed by atoms with van der Waals surface area (Å²) in [4.78, 5) is 35.9. The first-order chi connectivity index (χ1) is 15.9. The van der Waals surface area contributed by atoms with Gasteiger partial charge in [0.1, 0.15) is 11.5 Å². The average Bonchev–Trinajstić information content (AvgIpc) is 2.81. The Labute approximate surface area is 200 Å². The molecule has 3 rings (SSSR count). The van der Waals surface area contributed by atoms with Crippen molar-refractivity contribution in [3.05, 3.63) is 82.8 Å². The lowest BCUT2D eigenvalue weighted by molar-refractivity contribution is -0.147. The van der Waals surface area contributed by atoms with E-state index in [0.29, 0.717) is 22.9 Å². The Balaban J connectivity index is 1.37. The number of nitrogens with one attached hydrogen (secondary N) is 2. The van der Waals surface area contributed by atoms with E-state index in [9.17, 15) is 14.4 Å². The predicted molar refractivity (Wildman–Crippen MR) is 127 cm³/mol. The maximum absolute atomic E-state index is 12.1. The molecular formula is C24H20Cl2N2O5. The molecule has 33 heavy (non-hydrogen) atoms. The van der Waals surface area contributed by atoms with Crippen LogP contribution in [0.4, 0.5) is 11.4 Å². The fourth-order valence-corrected chi connectivity index (χ4v) is 3.02. The van der Waals surface area contributed by atoms with E-state index in [1.165, 1.54) is 0 Å². The summed E-state index contributed by atoms with van der Waals surface area (Å²) in [6, 6.07) is 20.9. The van der Waals surface area contributed by atoms with Crippen LogP contribution in [0.1, 0.15) is 12.8 Å². The van der Waals surface area contributed by atoms with Gasteiger partial charge in [-0.1, -0.05) is 47.5 Å². The Morgan fingerprint density at radius 3 is 2.15 bits per heavy atom. The molecule has 0 aromatic heterocycles. The molecule has 2 N–H and O–H groups in total. The van der Waals surface area contributed by atoms with E-state index in [4.69, 9.17) is 32.7 Å². The van der Waals surface area contributed by atoms with Crippen LogP contribution in [0.5, 0.6) is 11.5 Å². The molecule has 7 nitrogen and oxygen atoms in total. The molecule has 3 aromatic rings. The molecule has 0 unspecified atom stereocenters. The third-order valence-corrected chi connectivity index (χ3v) is 5.08. The highest BCUT2D eigenvalue weighted by Crippen LogP contribution is 2.29. The molecule has 170 valence electrons. The van der Waals surface area contributed by atoms with Gasteiger partial charge in [0, 0.05) is 12.1 Å². The number of halogens is 2. The molecule has 0 heterocycles. The lowest BCUT2D eigenvalue weighted by atomic mass is 10.2. The third-order valence-electron chi connectivity index (χ3n) is 4.26. The van der Waals surface area contributed by atoms with Gasteiger partial charge in [0.15, 0.2) is 6.61 Å². The first-order valence-corrected chi connectivity index (χ1v) is 10.7. The van der Waals surface area contributed by atoms with Gasteiger partial charge in [-0.2, -0.15) is 0 Å². The van der Waals surface area contributed by atoms with Crippen molar-refractivity contribution >= 4 is 52.4 Å². The monoisotopic (exact) mass is 486 g/mol. The van der Waals surface area contributed by atoms with Crippen molar-refractivity contribution in [3.8, 4) is 11.5 Å². The van der Waals surface area contributed by atoms with Gasteiger partial charge in [0.25, 0.3) is 5.91 Å². The van der Waals surface area contributed by atoms with Gasteiger partial charge in [-0.25, -0.2) is 0 Å². The van der Waals surface area contributed by atoms with E-state index in [2.05, 4.69) is 10.6 Å². The molecule has 3 aromatic carbocycles. The minimum atomic E-state index is -0.677.